The number of aliphatic hydroxyl groups is 1. The number of aliphatic hydroxyl groups excluding tert-OH is 1. The van der Waals surface area contributed by atoms with Crippen LogP contribution in [0.3, 0.4) is 0 Å². The number of hydrogen-bond donors (Lipinski definition) is 1. The summed E-state index contributed by atoms with van der Waals surface area (Å²) >= 11 is 0. The van der Waals surface area contributed by atoms with Crippen LogP contribution in [0.15, 0.2) is 76.9 Å². The molecule has 8 nitrogen and oxygen atoms in total. The molecule has 0 spiro atoms. The maximum absolute atomic E-state index is 13.2. The van der Waals surface area contributed by atoms with Gasteiger partial charge in [-0.15, -0.1) is 0 Å². The Balaban J connectivity index is 1.53. The van der Waals surface area contributed by atoms with Gasteiger partial charge in [0.2, 0.25) is 0 Å². The maximum atomic E-state index is 13.2. The van der Waals surface area contributed by atoms with Crippen LogP contribution in [0.2, 0.25) is 0 Å². The second kappa shape index (κ2) is 9.31. The number of amides is 1. The van der Waals surface area contributed by atoms with Gasteiger partial charge in [-0.25, -0.2) is 0 Å². The van der Waals surface area contributed by atoms with Gasteiger partial charge in [-0.1, -0.05) is 0 Å². The molecule has 1 amide bonds. The highest BCUT2D eigenvalue weighted by molar-refractivity contribution is 6.51. The van der Waals surface area contributed by atoms with Gasteiger partial charge in [-0.2, -0.15) is 0 Å². The van der Waals surface area contributed by atoms with Gasteiger partial charge >= 0.3 is 0 Å². The third-order valence-corrected chi connectivity index (χ3v) is 6.62. The third-order valence-electron chi connectivity index (χ3n) is 6.62. The second-order valence-electron chi connectivity index (χ2n) is 8.72. The summed E-state index contributed by atoms with van der Waals surface area (Å²) in [7, 11) is 3.66. The zero-order valence-corrected chi connectivity index (χ0v) is 19.7. The van der Waals surface area contributed by atoms with E-state index >= 15 is 0 Å². The van der Waals surface area contributed by atoms with Gasteiger partial charge in [-0.3, -0.25) is 14.5 Å². The molecule has 2 aliphatic rings. The zero-order chi connectivity index (χ0) is 24.5. The van der Waals surface area contributed by atoms with Gasteiger partial charge in [0.25, 0.3) is 11.7 Å². The number of hydrogen-bond acceptors (Lipinski definition) is 7. The van der Waals surface area contributed by atoms with Crippen molar-refractivity contribution in [1.82, 2.24) is 4.90 Å². The lowest BCUT2D eigenvalue weighted by Crippen LogP contribution is -2.44. The molecule has 3 heterocycles. The lowest BCUT2D eigenvalue weighted by molar-refractivity contribution is -0.132. The fraction of sp³-hybridized carbons (Fsp3) is 0.259. The molecule has 180 valence electrons. The van der Waals surface area contributed by atoms with Gasteiger partial charge in [-0.05, 0) is 67.7 Å². The van der Waals surface area contributed by atoms with Gasteiger partial charge in [0.05, 0.1) is 18.9 Å². The number of carbonyl (C=O) groups excluding carboxylic acids is 2. The minimum absolute atomic E-state index is 0.0155. The normalized spacial score (nSPS) is 20.5. The molecule has 2 aliphatic heterocycles. The van der Waals surface area contributed by atoms with Gasteiger partial charge in [0.1, 0.15) is 23.3 Å². The molecule has 0 radical (unpaired) electrons. The molecule has 0 saturated carbocycles. The Hall–Kier alpha value is -4.04. The van der Waals surface area contributed by atoms with Crippen LogP contribution in [0, 0.1) is 0 Å². The monoisotopic (exact) mass is 473 g/mol. The Kier molecular flexibility index (Phi) is 6.05. The van der Waals surface area contributed by atoms with E-state index in [0.717, 1.165) is 31.9 Å². The van der Waals surface area contributed by atoms with Crippen LogP contribution in [-0.2, 0) is 9.59 Å². The van der Waals surface area contributed by atoms with Crippen molar-refractivity contribution in [3.8, 4) is 5.75 Å². The minimum Gasteiger partial charge on any atom is -0.507 e. The summed E-state index contributed by atoms with van der Waals surface area (Å²) in [4.78, 5) is 32.4. The summed E-state index contributed by atoms with van der Waals surface area (Å²) in [5.41, 5.74) is 2.01. The number of nitrogens with zero attached hydrogens (tertiary/aromatic N) is 3. The lowest BCUT2D eigenvalue weighted by Gasteiger charge is -2.34. The van der Waals surface area contributed by atoms with Crippen LogP contribution in [0.25, 0.3) is 5.76 Å². The van der Waals surface area contributed by atoms with Crippen molar-refractivity contribution in [2.45, 2.75) is 6.04 Å². The average molecular weight is 474 g/mol. The second-order valence-corrected chi connectivity index (χ2v) is 8.72. The summed E-state index contributed by atoms with van der Waals surface area (Å²) in [5.74, 6) is -0.729. The van der Waals surface area contributed by atoms with E-state index in [1.165, 1.54) is 11.2 Å². The Bertz CT molecular complexity index is 1240. The Morgan fingerprint density at radius 1 is 0.943 bits per heavy atom. The van der Waals surface area contributed by atoms with E-state index in [4.69, 9.17) is 9.15 Å². The van der Waals surface area contributed by atoms with E-state index in [9.17, 15) is 14.7 Å². The van der Waals surface area contributed by atoms with Gasteiger partial charge in [0.15, 0.2) is 0 Å². The van der Waals surface area contributed by atoms with Crippen LogP contribution < -0.4 is 14.5 Å². The number of Topliss-reactive ketones (excluding diaryl/α,β-unsaturated/α-hetero) is 1. The van der Waals surface area contributed by atoms with E-state index in [1.807, 2.05) is 24.3 Å². The molecule has 3 aromatic rings. The van der Waals surface area contributed by atoms with Crippen LogP contribution in [0.1, 0.15) is 17.4 Å². The van der Waals surface area contributed by atoms with Crippen LogP contribution in [0.4, 0.5) is 11.4 Å². The number of carbonyl (C=O) groups is 2. The maximum Gasteiger partial charge on any atom is 0.300 e. The molecule has 2 saturated heterocycles. The number of ether oxygens (including phenoxy) is 1. The largest absolute Gasteiger partial charge is 0.507 e. The SMILES string of the molecule is COc1ccc(/C(O)=C2/C(=O)C(=O)N(c3ccc(N4CCN(C)CC4)cc3)C2c2ccco2)cc1. The predicted octanol–water partition coefficient (Wildman–Crippen LogP) is 3.67. The Morgan fingerprint density at radius 2 is 1.60 bits per heavy atom. The molecule has 1 aromatic heterocycles. The van der Waals surface area contributed by atoms with Crippen molar-refractivity contribution in [2.24, 2.45) is 0 Å². The van der Waals surface area contributed by atoms with Crippen molar-refractivity contribution in [1.29, 1.82) is 0 Å². The average Bonchev–Trinajstić information content (AvgIpc) is 3.51. The lowest BCUT2D eigenvalue weighted by atomic mass is 9.99. The summed E-state index contributed by atoms with van der Waals surface area (Å²) in [6.45, 7) is 3.82. The van der Waals surface area contributed by atoms with Gasteiger partial charge in [0, 0.05) is 43.1 Å². The standard InChI is InChI=1S/C27H27N3O5/c1-28-13-15-29(16-14-28)19-7-9-20(10-8-19)30-24(22-4-3-17-35-22)23(26(32)27(30)33)25(31)18-5-11-21(34-2)12-6-18/h3-12,17,24,31H,13-16H2,1-2H3/b25-23-. The molecule has 1 unspecified atom stereocenters. The molecule has 2 fully saturated rings. The highest BCUT2D eigenvalue weighted by atomic mass is 16.5. The van der Waals surface area contributed by atoms with Crippen molar-refractivity contribution in [3.05, 3.63) is 83.8 Å². The fourth-order valence-electron chi connectivity index (χ4n) is 4.61. The van der Waals surface area contributed by atoms with E-state index < -0.39 is 17.7 Å². The summed E-state index contributed by atoms with van der Waals surface area (Å²) in [5, 5.41) is 11.1. The molecule has 2 aromatic carbocycles. The number of ketones is 1. The first-order valence-electron chi connectivity index (χ1n) is 11.5. The number of methoxy groups -OCH3 is 1. The smallest absolute Gasteiger partial charge is 0.300 e. The van der Waals surface area contributed by atoms with Crippen molar-refractivity contribution >= 4 is 28.8 Å². The topological polar surface area (TPSA) is 86.5 Å². The first kappa shape index (κ1) is 22.7. The molecule has 0 bridgehead atoms. The Labute approximate surface area is 203 Å². The van der Waals surface area contributed by atoms with E-state index in [0.29, 0.717) is 22.8 Å². The molecular formula is C27H27N3O5. The fourth-order valence-corrected chi connectivity index (χ4v) is 4.61. The van der Waals surface area contributed by atoms with Gasteiger partial charge < -0.3 is 24.1 Å². The third kappa shape index (κ3) is 4.17. The number of rotatable bonds is 5. The van der Waals surface area contributed by atoms with Crippen molar-refractivity contribution < 1.29 is 23.8 Å². The quantitative estimate of drug-likeness (QED) is 0.344. The van der Waals surface area contributed by atoms with Crippen LogP contribution in [-0.4, -0.2) is 62.0 Å². The summed E-state index contributed by atoms with van der Waals surface area (Å²) in [6, 6.07) is 16.8. The molecule has 0 aliphatic carbocycles. The predicted molar refractivity (Wildman–Crippen MR) is 133 cm³/mol. The molecular weight excluding hydrogens is 446 g/mol. The first-order valence-corrected chi connectivity index (χ1v) is 11.5. The zero-order valence-electron chi connectivity index (χ0n) is 19.7. The van der Waals surface area contributed by atoms with Crippen molar-refractivity contribution in [2.75, 3.05) is 50.1 Å². The summed E-state index contributed by atoms with van der Waals surface area (Å²) in [6.07, 6.45) is 1.49. The first-order chi connectivity index (χ1) is 17.0. The highest BCUT2D eigenvalue weighted by Crippen LogP contribution is 2.42. The minimum atomic E-state index is -0.887. The molecule has 1 N–H and O–H groups in total. The summed E-state index contributed by atoms with van der Waals surface area (Å²) < 4.78 is 10.8. The molecule has 5 rings (SSSR count). The number of likely N-dealkylation sites (N-methyl/N-ethyl adjacent to an activating group) is 1. The van der Waals surface area contributed by atoms with Crippen molar-refractivity contribution in [3.63, 3.8) is 0 Å². The molecule has 1 atom stereocenters. The number of piperazine rings is 1. The molecule has 35 heavy (non-hydrogen) atoms. The molecule has 8 heteroatoms. The number of furan rings is 1. The van der Waals surface area contributed by atoms with E-state index in [-0.39, 0.29) is 11.3 Å². The highest BCUT2D eigenvalue weighted by Gasteiger charge is 2.48. The van der Waals surface area contributed by atoms with E-state index in [2.05, 4.69) is 16.8 Å². The number of benzene rings is 2. The Morgan fingerprint density at radius 3 is 2.20 bits per heavy atom. The van der Waals surface area contributed by atoms with Crippen LogP contribution in [0.5, 0.6) is 5.75 Å². The number of anilines is 2. The van der Waals surface area contributed by atoms with Crippen LogP contribution >= 0.6 is 0 Å². The van der Waals surface area contributed by atoms with E-state index in [1.54, 1.807) is 43.5 Å².